The van der Waals surface area contributed by atoms with Crippen LogP contribution in [-0.2, 0) is 14.1 Å². The maximum absolute atomic E-state index is 2.24. The van der Waals surface area contributed by atoms with E-state index in [9.17, 15) is 0 Å². The Labute approximate surface area is 246 Å². The molecule has 0 fully saturated rings. The number of fused-ring (bicyclic) bond motifs is 6. The van der Waals surface area contributed by atoms with Crippen molar-refractivity contribution in [1.29, 1.82) is 0 Å². The maximum Gasteiger partial charge on any atom is 0.0488 e. The first kappa shape index (κ1) is 31.2. The van der Waals surface area contributed by atoms with Gasteiger partial charge in [-0.3, -0.25) is 0 Å². The van der Waals surface area contributed by atoms with Crippen LogP contribution in [0.15, 0.2) is 115 Å². The van der Waals surface area contributed by atoms with Crippen molar-refractivity contribution in [3.05, 3.63) is 132 Å². The fourth-order valence-electron chi connectivity index (χ4n) is 5.44. The predicted octanol–water partition coefficient (Wildman–Crippen LogP) is 11.3. The van der Waals surface area contributed by atoms with Crippen LogP contribution in [0.5, 0.6) is 0 Å². The summed E-state index contributed by atoms with van der Waals surface area (Å²) in [6.45, 7) is 14.4. The van der Waals surface area contributed by atoms with Crippen molar-refractivity contribution in [3.8, 4) is 0 Å². The van der Waals surface area contributed by atoms with Gasteiger partial charge in [0.15, 0.2) is 0 Å². The third-order valence-electron chi connectivity index (χ3n) is 7.01. The average Bonchev–Trinajstić information content (AvgIpc) is 3.47. The molecule has 0 saturated heterocycles. The quantitative estimate of drug-likeness (QED) is 0.180. The molecule has 0 spiro atoms. The Morgan fingerprint density at radius 3 is 0.756 bits per heavy atom. The van der Waals surface area contributed by atoms with Crippen LogP contribution in [-0.4, -0.2) is 9.13 Å². The fourth-order valence-corrected chi connectivity index (χ4v) is 5.44. The van der Waals surface area contributed by atoms with E-state index in [4.69, 9.17) is 0 Å². The largest absolute Gasteiger partial charge is 0.344 e. The number of hydrogen-bond donors (Lipinski definition) is 0. The summed E-state index contributed by atoms with van der Waals surface area (Å²) in [5.74, 6) is 0. The van der Waals surface area contributed by atoms with Gasteiger partial charge in [-0.1, -0.05) is 135 Å². The van der Waals surface area contributed by atoms with Crippen LogP contribution in [0.2, 0.25) is 0 Å². The lowest BCUT2D eigenvalue weighted by atomic mass is 10.1. The first-order valence-corrected chi connectivity index (χ1v) is 14.8. The van der Waals surface area contributed by atoms with Gasteiger partial charge in [0.05, 0.1) is 0 Å². The summed E-state index contributed by atoms with van der Waals surface area (Å²) >= 11 is 0. The first-order chi connectivity index (χ1) is 19.9. The molecule has 0 aliphatic heterocycles. The van der Waals surface area contributed by atoms with Crippen molar-refractivity contribution < 1.29 is 0 Å². The molecule has 7 rings (SSSR count). The minimum absolute atomic E-state index is 1.30. The molecule has 0 aliphatic rings. The molecule has 41 heavy (non-hydrogen) atoms. The van der Waals surface area contributed by atoms with E-state index in [-0.39, 0.29) is 0 Å². The molecule has 5 aromatic carbocycles. The molecule has 7 aromatic rings. The summed E-state index contributed by atoms with van der Waals surface area (Å²) in [6.07, 6.45) is 0. The van der Waals surface area contributed by atoms with Crippen LogP contribution in [0.1, 0.15) is 44.4 Å². The van der Waals surface area contributed by atoms with Crippen LogP contribution >= 0.6 is 0 Å². The van der Waals surface area contributed by atoms with E-state index in [1.165, 1.54) is 60.3 Å². The Morgan fingerprint density at radius 2 is 0.537 bits per heavy atom. The number of aryl methyl sites for hydroxylation is 5. The van der Waals surface area contributed by atoms with Crippen molar-refractivity contribution in [3.63, 3.8) is 0 Å². The van der Waals surface area contributed by atoms with Gasteiger partial charge >= 0.3 is 0 Å². The number of nitrogens with zero attached hydrogens (tertiary/aromatic N) is 2. The molecule has 2 heterocycles. The van der Waals surface area contributed by atoms with Crippen molar-refractivity contribution >= 4 is 43.6 Å². The highest BCUT2D eigenvalue weighted by molar-refractivity contribution is 6.08. The van der Waals surface area contributed by atoms with Crippen molar-refractivity contribution in [2.75, 3.05) is 0 Å². The lowest BCUT2D eigenvalue weighted by Crippen LogP contribution is -1.84. The molecular formula is C39H46N2. The van der Waals surface area contributed by atoms with E-state index in [0.29, 0.717) is 0 Å². The number of rotatable bonds is 0. The minimum atomic E-state index is 1.30. The molecule has 2 nitrogen and oxygen atoms in total. The van der Waals surface area contributed by atoms with E-state index in [0.717, 1.165) is 0 Å². The second kappa shape index (κ2) is 14.9. The normalized spacial score (nSPS) is 10.1. The molecular weight excluding hydrogens is 496 g/mol. The van der Waals surface area contributed by atoms with E-state index >= 15 is 0 Å². The Morgan fingerprint density at radius 1 is 0.341 bits per heavy atom. The van der Waals surface area contributed by atoms with Crippen LogP contribution in [0, 0.1) is 20.8 Å². The zero-order chi connectivity index (χ0) is 29.9. The van der Waals surface area contributed by atoms with Gasteiger partial charge in [-0.2, -0.15) is 0 Å². The number of para-hydroxylation sites is 4. The topological polar surface area (TPSA) is 9.86 Å². The summed E-state index contributed by atoms with van der Waals surface area (Å²) in [5, 5.41) is 5.35. The molecule has 212 valence electrons. The molecule has 0 saturated carbocycles. The second-order valence-electron chi connectivity index (χ2n) is 9.85. The molecule has 0 bridgehead atoms. The van der Waals surface area contributed by atoms with E-state index in [1.54, 1.807) is 0 Å². The lowest BCUT2D eigenvalue weighted by molar-refractivity contribution is 1.01. The van der Waals surface area contributed by atoms with Crippen LogP contribution in [0.3, 0.4) is 0 Å². The first-order valence-electron chi connectivity index (χ1n) is 14.8. The summed E-state index contributed by atoms with van der Waals surface area (Å²) < 4.78 is 4.48. The van der Waals surface area contributed by atoms with Gasteiger partial charge in [0.2, 0.25) is 0 Å². The van der Waals surface area contributed by atoms with Crippen molar-refractivity contribution in [2.24, 2.45) is 14.1 Å². The molecule has 0 amide bonds. The summed E-state index contributed by atoms with van der Waals surface area (Å²) in [4.78, 5) is 0. The van der Waals surface area contributed by atoms with E-state index in [2.05, 4.69) is 159 Å². The third kappa shape index (κ3) is 7.08. The molecule has 2 aromatic heterocycles. The summed E-state index contributed by atoms with van der Waals surface area (Å²) in [6, 6.07) is 40.6. The van der Waals surface area contributed by atoms with Crippen LogP contribution in [0.25, 0.3) is 43.6 Å². The molecule has 0 radical (unpaired) electrons. The van der Waals surface area contributed by atoms with Crippen LogP contribution in [0.4, 0.5) is 0 Å². The molecule has 0 atom stereocenters. The van der Waals surface area contributed by atoms with Gasteiger partial charge in [0.1, 0.15) is 0 Å². The second-order valence-corrected chi connectivity index (χ2v) is 9.85. The number of benzene rings is 5. The SMILES string of the molecule is CC.CC.Cc1cc(C)cc(C)c1.Cn1c2ccccc2c2ccccc21.Cn1c2ccccc2c2ccccc21. The standard InChI is InChI=1S/2C13H11N.C9H12.2C2H6/c2*1-14-12-8-4-2-6-10(12)11-7-3-5-9-13(11)14;1-7-4-8(2)6-9(3)5-7;2*1-2/h2*2-9H,1H3;4-6H,1-3H3;2*1-2H3. The Balaban J connectivity index is 0.000000163. The number of hydrogen-bond acceptors (Lipinski definition) is 0. The fraction of sp³-hybridized carbons (Fsp3) is 0.231. The zero-order valence-electron chi connectivity index (χ0n) is 26.4. The van der Waals surface area contributed by atoms with E-state index in [1.807, 2.05) is 27.7 Å². The maximum atomic E-state index is 2.24. The van der Waals surface area contributed by atoms with Crippen molar-refractivity contribution in [2.45, 2.75) is 48.5 Å². The van der Waals surface area contributed by atoms with Gasteiger partial charge < -0.3 is 9.13 Å². The summed E-state index contributed by atoms with van der Waals surface area (Å²) in [5.41, 5.74) is 9.26. The van der Waals surface area contributed by atoms with Gasteiger partial charge in [-0.25, -0.2) is 0 Å². The zero-order valence-corrected chi connectivity index (χ0v) is 26.4. The van der Waals surface area contributed by atoms with Gasteiger partial charge in [-0.15, -0.1) is 0 Å². The van der Waals surface area contributed by atoms with Crippen molar-refractivity contribution in [1.82, 2.24) is 9.13 Å². The number of aromatic nitrogens is 2. The Hall–Kier alpha value is -4.30. The van der Waals surface area contributed by atoms with Gasteiger partial charge in [0, 0.05) is 57.7 Å². The lowest BCUT2D eigenvalue weighted by Gasteiger charge is -1.96. The molecule has 0 N–H and O–H groups in total. The minimum Gasteiger partial charge on any atom is -0.344 e. The molecule has 0 unspecified atom stereocenters. The highest BCUT2D eigenvalue weighted by atomic mass is 14.9. The Bertz CT molecular complexity index is 1560. The van der Waals surface area contributed by atoms with Crippen LogP contribution < -0.4 is 0 Å². The highest BCUT2D eigenvalue weighted by Gasteiger charge is 2.06. The smallest absolute Gasteiger partial charge is 0.0488 e. The molecule has 2 heteroatoms. The van der Waals surface area contributed by atoms with E-state index < -0.39 is 0 Å². The van der Waals surface area contributed by atoms with Gasteiger partial charge in [0.25, 0.3) is 0 Å². The highest BCUT2D eigenvalue weighted by Crippen LogP contribution is 2.28. The predicted molar refractivity (Wildman–Crippen MR) is 184 cm³/mol. The third-order valence-corrected chi connectivity index (χ3v) is 7.01. The van der Waals surface area contributed by atoms with Gasteiger partial charge in [-0.05, 0) is 45.0 Å². The summed E-state index contributed by atoms with van der Waals surface area (Å²) in [7, 11) is 4.23. The average molecular weight is 543 g/mol. The monoisotopic (exact) mass is 542 g/mol. The Kier molecular flexibility index (Phi) is 11.4. The molecule has 0 aliphatic carbocycles.